The van der Waals surface area contributed by atoms with E-state index in [9.17, 15) is 8.78 Å². The molecule has 0 saturated carbocycles. The van der Waals surface area contributed by atoms with E-state index in [1.165, 1.54) is 13.2 Å². The Morgan fingerprint density at radius 1 is 1.35 bits per heavy atom. The molecule has 17 heavy (non-hydrogen) atoms. The number of anilines is 1. The van der Waals surface area contributed by atoms with Gasteiger partial charge in [0.25, 0.3) is 0 Å². The van der Waals surface area contributed by atoms with Crippen LogP contribution < -0.4 is 15.0 Å². The quantitative estimate of drug-likeness (QED) is 0.855. The van der Waals surface area contributed by atoms with E-state index >= 15 is 0 Å². The van der Waals surface area contributed by atoms with E-state index in [-0.39, 0.29) is 11.8 Å². The Balaban J connectivity index is 2.34. The third-order valence-electron chi connectivity index (χ3n) is 3.03. The van der Waals surface area contributed by atoms with Gasteiger partial charge in [-0.3, -0.25) is 0 Å². The molecule has 0 aliphatic carbocycles. The van der Waals surface area contributed by atoms with Gasteiger partial charge in [0.1, 0.15) is 5.82 Å². The molecule has 0 spiro atoms. The van der Waals surface area contributed by atoms with Crippen molar-refractivity contribution < 1.29 is 13.5 Å². The first kappa shape index (κ1) is 12.1. The van der Waals surface area contributed by atoms with Crippen LogP contribution in [0.5, 0.6) is 5.75 Å². The lowest BCUT2D eigenvalue weighted by molar-refractivity contribution is 0.382. The maximum Gasteiger partial charge on any atom is 0.167 e. The lowest BCUT2D eigenvalue weighted by Crippen LogP contribution is -2.50. The van der Waals surface area contributed by atoms with Crippen LogP contribution in [0.2, 0.25) is 0 Å². The van der Waals surface area contributed by atoms with Gasteiger partial charge in [-0.05, 0) is 6.92 Å². The molecule has 1 aromatic carbocycles. The molecule has 1 saturated heterocycles. The minimum absolute atomic E-state index is 0.0611. The molecule has 3 nitrogen and oxygen atoms in total. The van der Waals surface area contributed by atoms with Gasteiger partial charge in [0.05, 0.1) is 12.8 Å². The summed E-state index contributed by atoms with van der Waals surface area (Å²) in [6, 6.07) is 2.45. The van der Waals surface area contributed by atoms with Crippen LogP contribution in [0.15, 0.2) is 12.1 Å². The second kappa shape index (κ2) is 4.87. The summed E-state index contributed by atoms with van der Waals surface area (Å²) in [7, 11) is 1.32. The summed E-state index contributed by atoms with van der Waals surface area (Å²) in [6.07, 6.45) is 0. The van der Waals surface area contributed by atoms with E-state index in [2.05, 4.69) is 5.32 Å². The fraction of sp³-hybridized carbons (Fsp3) is 0.500. The highest BCUT2D eigenvalue weighted by molar-refractivity contribution is 5.52. The SMILES string of the molecule is COc1cc(F)c(N2CCNC[C@H]2C)cc1F. The first-order chi connectivity index (χ1) is 8.13. The number of ether oxygens (including phenoxy) is 1. The van der Waals surface area contributed by atoms with Gasteiger partial charge < -0.3 is 15.0 Å². The normalized spacial score (nSPS) is 20.5. The zero-order chi connectivity index (χ0) is 12.4. The maximum absolute atomic E-state index is 13.9. The van der Waals surface area contributed by atoms with Crippen molar-refractivity contribution in [2.75, 3.05) is 31.6 Å². The molecule has 1 aromatic rings. The average molecular weight is 242 g/mol. The minimum Gasteiger partial charge on any atom is -0.494 e. The predicted molar refractivity (Wildman–Crippen MR) is 62.6 cm³/mol. The van der Waals surface area contributed by atoms with Gasteiger partial charge in [-0.1, -0.05) is 0 Å². The molecule has 0 bridgehead atoms. The van der Waals surface area contributed by atoms with Crippen molar-refractivity contribution in [2.45, 2.75) is 13.0 Å². The molecule has 1 aliphatic rings. The lowest BCUT2D eigenvalue weighted by Gasteiger charge is -2.36. The van der Waals surface area contributed by atoms with Crippen LogP contribution in [-0.2, 0) is 0 Å². The third-order valence-corrected chi connectivity index (χ3v) is 3.03. The Hall–Kier alpha value is -1.36. The molecule has 5 heteroatoms. The van der Waals surface area contributed by atoms with Crippen LogP contribution in [0.1, 0.15) is 6.92 Å². The van der Waals surface area contributed by atoms with Gasteiger partial charge in [-0.2, -0.15) is 0 Å². The Morgan fingerprint density at radius 2 is 2.12 bits per heavy atom. The van der Waals surface area contributed by atoms with Crippen molar-refractivity contribution >= 4 is 5.69 Å². The molecular weight excluding hydrogens is 226 g/mol. The van der Waals surface area contributed by atoms with Gasteiger partial charge in [0.2, 0.25) is 0 Å². The number of hydrogen-bond donors (Lipinski definition) is 1. The van der Waals surface area contributed by atoms with Crippen LogP contribution in [-0.4, -0.2) is 32.8 Å². The molecule has 0 unspecified atom stereocenters. The van der Waals surface area contributed by atoms with Gasteiger partial charge in [-0.15, -0.1) is 0 Å². The number of piperazine rings is 1. The van der Waals surface area contributed by atoms with Crippen molar-refractivity contribution in [2.24, 2.45) is 0 Å². The summed E-state index contributed by atoms with van der Waals surface area (Å²) in [6.45, 7) is 4.20. The monoisotopic (exact) mass is 242 g/mol. The van der Waals surface area contributed by atoms with E-state index < -0.39 is 11.6 Å². The van der Waals surface area contributed by atoms with E-state index in [0.29, 0.717) is 12.2 Å². The molecule has 1 atom stereocenters. The number of rotatable bonds is 2. The average Bonchev–Trinajstić information content (AvgIpc) is 2.32. The summed E-state index contributed by atoms with van der Waals surface area (Å²) in [5.41, 5.74) is 0.303. The second-order valence-corrected chi connectivity index (χ2v) is 4.18. The number of nitrogens with one attached hydrogen (secondary N) is 1. The van der Waals surface area contributed by atoms with E-state index in [4.69, 9.17) is 4.74 Å². The number of methoxy groups -OCH3 is 1. The molecule has 1 aliphatic heterocycles. The predicted octanol–water partition coefficient (Wildman–Crippen LogP) is 1.77. The van der Waals surface area contributed by atoms with Crippen LogP contribution in [0.4, 0.5) is 14.5 Å². The minimum atomic E-state index is -0.533. The second-order valence-electron chi connectivity index (χ2n) is 4.18. The Kier molecular flexibility index (Phi) is 3.47. The molecule has 1 N–H and O–H groups in total. The summed E-state index contributed by atoms with van der Waals surface area (Å²) in [5, 5.41) is 3.21. The zero-order valence-corrected chi connectivity index (χ0v) is 9.96. The Bertz CT molecular complexity index is 412. The molecule has 0 amide bonds. The highest BCUT2D eigenvalue weighted by Crippen LogP contribution is 2.28. The highest BCUT2D eigenvalue weighted by Gasteiger charge is 2.22. The summed E-state index contributed by atoms with van der Waals surface area (Å²) in [5.74, 6) is -1.04. The van der Waals surface area contributed by atoms with E-state index in [1.54, 1.807) is 0 Å². The fourth-order valence-corrected chi connectivity index (χ4v) is 2.09. The molecule has 2 rings (SSSR count). The summed E-state index contributed by atoms with van der Waals surface area (Å²) >= 11 is 0. The van der Waals surface area contributed by atoms with Gasteiger partial charge in [-0.25, -0.2) is 8.78 Å². The molecule has 0 aromatic heterocycles. The highest BCUT2D eigenvalue weighted by atomic mass is 19.1. The van der Waals surface area contributed by atoms with Crippen LogP contribution >= 0.6 is 0 Å². The number of nitrogens with zero attached hydrogens (tertiary/aromatic N) is 1. The largest absolute Gasteiger partial charge is 0.494 e. The van der Waals surface area contributed by atoms with Crippen molar-refractivity contribution in [3.8, 4) is 5.75 Å². The molecular formula is C12H16F2N2O. The zero-order valence-electron chi connectivity index (χ0n) is 9.96. The first-order valence-corrected chi connectivity index (χ1v) is 5.64. The van der Waals surface area contributed by atoms with Gasteiger partial charge >= 0.3 is 0 Å². The molecule has 94 valence electrons. The van der Waals surface area contributed by atoms with Crippen molar-refractivity contribution in [1.82, 2.24) is 5.32 Å². The Morgan fingerprint density at radius 3 is 2.76 bits per heavy atom. The molecule has 0 radical (unpaired) electrons. The smallest absolute Gasteiger partial charge is 0.167 e. The molecule has 1 heterocycles. The maximum atomic E-state index is 13.9. The standard InChI is InChI=1S/C12H16F2N2O/c1-8-7-15-3-4-16(8)11-5-10(14)12(17-2)6-9(11)13/h5-6,8,15H,3-4,7H2,1-2H3/t8-/m1/s1. The summed E-state index contributed by atoms with van der Waals surface area (Å²) in [4.78, 5) is 1.87. The fourth-order valence-electron chi connectivity index (χ4n) is 2.09. The van der Waals surface area contributed by atoms with Gasteiger partial charge in [0.15, 0.2) is 11.6 Å². The van der Waals surface area contributed by atoms with Crippen molar-refractivity contribution in [1.29, 1.82) is 0 Å². The number of benzene rings is 1. The first-order valence-electron chi connectivity index (χ1n) is 5.64. The van der Waals surface area contributed by atoms with Crippen LogP contribution in [0.3, 0.4) is 0 Å². The van der Waals surface area contributed by atoms with Gasteiger partial charge in [0, 0.05) is 37.8 Å². The summed E-state index contributed by atoms with van der Waals surface area (Å²) < 4.78 is 32.2. The van der Waals surface area contributed by atoms with E-state index in [1.807, 2.05) is 11.8 Å². The van der Waals surface area contributed by atoms with Crippen molar-refractivity contribution in [3.63, 3.8) is 0 Å². The topological polar surface area (TPSA) is 24.5 Å². The number of halogens is 2. The van der Waals surface area contributed by atoms with E-state index in [0.717, 1.165) is 19.2 Å². The number of hydrogen-bond acceptors (Lipinski definition) is 3. The van der Waals surface area contributed by atoms with Crippen molar-refractivity contribution in [3.05, 3.63) is 23.8 Å². The Labute approximate surface area is 99.4 Å². The molecule has 1 fully saturated rings. The van der Waals surface area contributed by atoms with Crippen LogP contribution in [0.25, 0.3) is 0 Å². The third kappa shape index (κ3) is 2.34. The lowest BCUT2D eigenvalue weighted by atomic mass is 10.1. The van der Waals surface area contributed by atoms with Crippen LogP contribution in [0, 0.1) is 11.6 Å².